The van der Waals surface area contributed by atoms with Crippen molar-refractivity contribution in [2.24, 2.45) is 5.92 Å². The van der Waals surface area contributed by atoms with Crippen molar-refractivity contribution in [2.45, 2.75) is 25.0 Å². The van der Waals surface area contributed by atoms with Gasteiger partial charge in [0.15, 0.2) is 0 Å². The zero-order valence-corrected chi connectivity index (χ0v) is 13.0. The molecule has 0 aromatic carbocycles. The molecule has 2 N–H and O–H groups in total. The van der Waals surface area contributed by atoms with E-state index in [0.29, 0.717) is 39.0 Å². The Bertz CT molecular complexity index is 589. The van der Waals surface area contributed by atoms with E-state index < -0.39 is 15.6 Å². The first kappa shape index (κ1) is 15.0. The quantitative estimate of drug-likeness (QED) is 0.794. The van der Waals surface area contributed by atoms with Gasteiger partial charge in [-0.15, -0.1) is 0 Å². The van der Waals surface area contributed by atoms with Crippen LogP contribution in [0.4, 0.5) is 0 Å². The van der Waals surface area contributed by atoms with E-state index in [1.54, 1.807) is 12.4 Å². The first-order valence-electron chi connectivity index (χ1n) is 7.25. The van der Waals surface area contributed by atoms with Crippen molar-refractivity contribution in [3.8, 4) is 0 Å². The van der Waals surface area contributed by atoms with Crippen LogP contribution >= 0.6 is 0 Å². The van der Waals surface area contributed by atoms with Gasteiger partial charge >= 0.3 is 0 Å². The van der Waals surface area contributed by atoms with Gasteiger partial charge in [0.1, 0.15) is 5.82 Å². The number of piperidine rings is 2. The summed E-state index contributed by atoms with van der Waals surface area (Å²) < 4.78 is 24.9. The molecule has 2 aliphatic heterocycles. The Morgan fingerprint density at radius 3 is 2.86 bits per heavy atom. The lowest BCUT2D eigenvalue weighted by Crippen LogP contribution is -2.60. The SMILES string of the molecule is CS(=O)(=O)N1CC[C@@]2(O)CCN(Cc3ncc[nH]3)C[C@H]2C1. The third-order valence-electron chi connectivity index (χ3n) is 4.71. The molecule has 1 aromatic heterocycles. The van der Waals surface area contributed by atoms with Crippen LogP contribution in [0, 0.1) is 5.92 Å². The van der Waals surface area contributed by atoms with Crippen LogP contribution in [-0.4, -0.2) is 70.7 Å². The van der Waals surface area contributed by atoms with Gasteiger partial charge in [-0.1, -0.05) is 0 Å². The summed E-state index contributed by atoms with van der Waals surface area (Å²) in [5.74, 6) is 0.862. The van der Waals surface area contributed by atoms with E-state index in [9.17, 15) is 13.5 Å². The van der Waals surface area contributed by atoms with E-state index >= 15 is 0 Å². The Labute approximate surface area is 125 Å². The summed E-state index contributed by atoms with van der Waals surface area (Å²) in [5, 5.41) is 10.7. The second-order valence-corrected chi connectivity index (χ2v) is 8.17. The van der Waals surface area contributed by atoms with Crippen LogP contribution in [-0.2, 0) is 16.6 Å². The zero-order chi connectivity index (χ0) is 15.1. The van der Waals surface area contributed by atoms with Crippen molar-refractivity contribution in [2.75, 3.05) is 32.4 Å². The maximum atomic E-state index is 11.7. The number of sulfonamides is 1. The number of likely N-dealkylation sites (tertiary alicyclic amines) is 1. The van der Waals surface area contributed by atoms with E-state index in [-0.39, 0.29) is 5.92 Å². The minimum atomic E-state index is -3.19. The third kappa shape index (κ3) is 3.13. The van der Waals surface area contributed by atoms with Crippen LogP contribution in [0.25, 0.3) is 0 Å². The molecule has 2 atom stereocenters. The summed E-state index contributed by atoms with van der Waals surface area (Å²) in [6.07, 6.45) is 5.97. The fourth-order valence-electron chi connectivity index (χ4n) is 3.38. The summed E-state index contributed by atoms with van der Waals surface area (Å²) in [7, 11) is -3.19. The molecule has 0 bridgehead atoms. The molecule has 0 amide bonds. The molecule has 21 heavy (non-hydrogen) atoms. The van der Waals surface area contributed by atoms with Crippen LogP contribution < -0.4 is 0 Å². The summed E-state index contributed by atoms with van der Waals surface area (Å²) in [4.78, 5) is 9.52. The predicted molar refractivity (Wildman–Crippen MR) is 78.0 cm³/mol. The van der Waals surface area contributed by atoms with Gasteiger partial charge in [-0.3, -0.25) is 4.90 Å². The Balaban J connectivity index is 1.69. The van der Waals surface area contributed by atoms with Crippen molar-refractivity contribution < 1.29 is 13.5 Å². The second kappa shape index (κ2) is 5.35. The predicted octanol–water partition coefficient (Wildman–Crippen LogP) is -0.372. The van der Waals surface area contributed by atoms with Crippen LogP contribution in [0.3, 0.4) is 0 Å². The Kier molecular flexibility index (Phi) is 3.81. The number of aliphatic hydroxyl groups is 1. The number of hydrogen-bond donors (Lipinski definition) is 2. The molecule has 1 aromatic rings. The van der Waals surface area contributed by atoms with Gasteiger partial charge in [0.05, 0.1) is 18.4 Å². The first-order valence-corrected chi connectivity index (χ1v) is 9.10. The second-order valence-electron chi connectivity index (χ2n) is 6.19. The van der Waals surface area contributed by atoms with Crippen LogP contribution in [0.1, 0.15) is 18.7 Å². The van der Waals surface area contributed by atoms with E-state index in [4.69, 9.17) is 0 Å². The third-order valence-corrected chi connectivity index (χ3v) is 5.98. The molecular weight excluding hydrogens is 292 g/mol. The zero-order valence-electron chi connectivity index (χ0n) is 12.2. The molecule has 3 heterocycles. The van der Waals surface area contributed by atoms with Crippen molar-refractivity contribution in [1.82, 2.24) is 19.2 Å². The maximum Gasteiger partial charge on any atom is 0.211 e. The highest BCUT2D eigenvalue weighted by Crippen LogP contribution is 2.36. The number of rotatable bonds is 3. The van der Waals surface area contributed by atoms with Gasteiger partial charge < -0.3 is 10.1 Å². The highest BCUT2D eigenvalue weighted by Gasteiger charge is 2.46. The van der Waals surface area contributed by atoms with E-state index in [0.717, 1.165) is 12.4 Å². The number of imidazole rings is 1. The smallest absolute Gasteiger partial charge is 0.211 e. The lowest BCUT2D eigenvalue weighted by molar-refractivity contribution is -0.103. The fraction of sp³-hybridized carbons (Fsp3) is 0.769. The molecule has 0 radical (unpaired) electrons. The van der Waals surface area contributed by atoms with Crippen molar-refractivity contribution in [3.05, 3.63) is 18.2 Å². The van der Waals surface area contributed by atoms with E-state index in [1.165, 1.54) is 10.6 Å². The molecule has 2 aliphatic rings. The van der Waals surface area contributed by atoms with E-state index in [2.05, 4.69) is 14.9 Å². The molecule has 0 saturated carbocycles. The highest BCUT2D eigenvalue weighted by molar-refractivity contribution is 7.88. The minimum absolute atomic E-state index is 0.0373. The Morgan fingerprint density at radius 1 is 1.43 bits per heavy atom. The number of aromatic nitrogens is 2. The number of hydrogen-bond acceptors (Lipinski definition) is 5. The number of H-pyrrole nitrogens is 1. The minimum Gasteiger partial charge on any atom is -0.389 e. The topological polar surface area (TPSA) is 89.5 Å². The summed E-state index contributed by atoms with van der Waals surface area (Å²) >= 11 is 0. The van der Waals surface area contributed by atoms with Gasteiger partial charge in [0, 0.05) is 44.5 Å². The summed E-state index contributed by atoms with van der Waals surface area (Å²) in [6.45, 7) is 3.04. The summed E-state index contributed by atoms with van der Waals surface area (Å²) in [6, 6.07) is 0. The first-order chi connectivity index (χ1) is 9.87. The number of fused-ring (bicyclic) bond motifs is 1. The maximum absolute atomic E-state index is 11.7. The molecule has 0 spiro atoms. The number of aromatic amines is 1. The number of nitrogens with one attached hydrogen (secondary N) is 1. The molecule has 2 saturated heterocycles. The Hall–Kier alpha value is -0.960. The summed E-state index contributed by atoms with van der Waals surface area (Å²) in [5.41, 5.74) is -0.721. The van der Waals surface area contributed by atoms with Gasteiger partial charge in [0.25, 0.3) is 0 Å². The fourth-order valence-corrected chi connectivity index (χ4v) is 4.26. The largest absolute Gasteiger partial charge is 0.389 e. The van der Waals surface area contributed by atoms with Gasteiger partial charge in [-0.25, -0.2) is 17.7 Å². The van der Waals surface area contributed by atoms with Crippen LogP contribution in [0.15, 0.2) is 12.4 Å². The van der Waals surface area contributed by atoms with Crippen LogP contribution in [0.5, 0.6) is 0 Å². The lowest BCUT2D eigenvalue weighted by atomic mass is 9.76. The molecule has 7 nitrogen and oxygen atoms in total. The van der Waals surface area contributed by atoms with Crippen molar-refractivity contribution in [1.29, 1.82) is 0 Å². The van der Waals surface area contributed by atoms with E-state index in [1.807, 2.05) is 0 Å². The van der Waals surface area contributed by atoms with Crippen LogP contribution in [0.2, 0.25) is 0 Å². The van der Waals surface area contributed by atoms with Crippen molar-refractivity contribution in [3.63, 3.8) is 0 Å². The molecule has 118 valence electrons. The Morgan fingerprint density at radius 2 is 2.19 bits per heavy atom. The molecule has 3 rings (SSSR count). The standard InChI is InChI=1S/C13H22N4O3S/c1-21(19,20)17-7-3-13(18)2-6-16(8-11(13)9-17)10-12-14-4-5-15-12/h4-5,11,18H,2-3,6-10H2,1H3,(H,14,15)/t11-,13-/m0/s1. The molecule has 8 heteroatoms. The number of nitrogens with zero attached hydrogens (tertiary/aromatic N) is 3. The van der Waals surface area contributed by atoms with Gasteiger partial charge in [0.2, 0.25) is 10.0 Å². The molecule has 2 fully saturated rings. The molecular formula is C13H22N4O3S. The van der Waals surface area contributed by atoms with Crippen molar-refractivity contribution >= 4 is 10.0 Å². The monoisotopic (exact) mass is 314 g/mol. The highest BCUT2D eigenvalue weighted by atomic mass is 32.2. The average molecular weight is 314 g/mol. The molecule has 0 unspecified atom stereocenters. The lowest BCUT2D eigenvalue weighted by Gasteiger charge is -2.49. The molecule has 0 aliphatic carbocycles. The van der Waals surface area contributed by atoms with Gasteiger partial charge in [-0.2, -0.15) is 0 Å². The van der Waals surface area contributed by atoms with Gasteiger partial charge in [-0.05, 0) is 12.8 Å². The normalized spacial score (nSPS) is 32.0. The average Bonchev–Trinajstić information content (AvgIpc) is 2.90.